The molecule has 19 heavy (non-hydrogen) atoms. The van der Waals surface area contributed by atoms with Gasteiger partial charge in [-0.25, -0.2) is 0 Å². The number of hydrogen-bond donors (Lipinski definition) is 0. The summed E-state index contributed by atoms with van der Waals surface area (Å²) >= 11 is 0. The molecule has 0 bridgehead atoms. The van der Waals surface area contributed by atoms with Crippen molar-refractivity contribution in [2.45, 2.75) is 6.92 Å². The van der Waals surface area contributed by atoms with Crippen LogP contribution in [0.25, 0.3) is 22.4 Å². The van der Waals surface area contributed by atoms with Crippen molar-refractivity contribution in [3.63, 3.8) is 0 Å². The Morgan fingerprint density at radius 1 is 0.737 bits per heavy atom. The van der Waals surface area contributed by atoms with Crippen LogP contribution in [-0.2, 0) is 7.05 Å². The van der Waals surface area contributed by atoms with Crippen LogP contribution in [0, 0.1) is 6.92 Å². The summed E-state index contributed by atoms with van der Waals surface area (Å²) in [6.45, 7) is 2.18. The van der Waals surface area contributed by atoms with E-state index < -0.39 is 0 Å². The van der Waals surface area contributed by atoms with Crippen molar-refractivity contribution in [2.75, 3.05) is 0 Å². The molecule has 0 aliphatic carbocycles. The molecular weight excluding hydrogens is 230 g/mol. The third kappa shape index (κ3) is 2.08. The van der Waals surface area contributed by atoms with Crippen molar-refractivity contribution in [2.24, 2.45) is 7.05 Å². The summed E-state index contributed by atoms with van der Waals surface area (Å²) in [4.78, 5) is 0. The fourth-order valence-corrected chi connectivity index (χ4v) is 2.50. The molecule has 0 atom stereocenters. The van der Waals surface area contributed by atoms with E-state index in [4.69, 9.17) is 0 Å². The maximum absolute atomic E-state index is 2.28. The molecule has 0 amide bonds. The summed E-state index contributed by atoms with van der Waals surface area (Å²) in [5.41, 5.74) is 6.40. The summed E-state index contributed by atoms with van der Waals surface area (Å²) in [6, 6.07) is 23.4. The van der Waals surface area contributed by atoms with Crippen LogP contribution in [0.3, 0.4) is 0 Å². The van der Waals surface area contributed by atoms with Gasteiger partial charge in [0.05, 0.1) is 0 Å². The highest BCUT2D eigenvalue weighted by molar-refractivity contribution is 5.74. The largest absolute Gasteiger partial charge is 0.347 e. The smallest absolute Gasteiger partial charge is 0.0486 e. The number of rotatable bonds is 2. The van der Waals surface area contributed by atoms with E-state index in [-0.39, 0.29) is 0 Å². The lowest BCUT2D eigenvalue weighted by Gasteiger charge is -2.05. The van der Waals surface area contributed by atoms with E-state index in [1.165, 1.54) is 28.1 Å². The Morgan fingerprint density at radius 3 is 1.84 bits per heavy atom. The van der Waals surface area contributed by atoms with E-state index in [1.807, 2.05) is 0 Å². The molecule has 1 aromatic heterocycles. The van der Waals surface area contributed by atoms with Crippen molar-refractivity contribution in [3.8, 4) is 22.4 Å². The first-order valence-corrected chi connectivity index (χ1v) is 6.54. The van der Waals surface area contributed by atoms with Crippen LogP contribution >= 0.6 is 0 Å². The van der Waals surface area contributed by atoms with Gasteiger partial charge in [0, 0.05) is 24.0 Å². The third-order valence-corrected chi connectivity index (χ3v) is 3.69. The standard InChI is InChI=1S/C18H17N/c1-14-17(15-9-5-3-6-10-15)13-18(19(14)2)16-11-7-4-8-12-16/h3-13H,1-2H3. The van der Waals surface area contributed by atoms with Crippen LogP contribution in [0.5, 0.6) is 0 Å². The van der Waals surface area contributed by atoms with E-state index >= 15 is 0 Å². The van der Waals surface area contributed by atoms with Crippen molar-refractivity contribution in [1.82, 2.24) is 4.57 Å². The van der Waals surface area contributed by atoms with Gasteiger partial charge < -0.3 is 4.57 Å². The summed E-state index contributed by atoms with van der Waals surface area (Å²) < 4.78 is 2.26. The highest BCUT2D eigenvalue weighted by Gasteiger charge is 2.11. The summed E-state index contributed by atoms with van der Waals surface area (Å²) in [7, 11) is 2.13. The lowest BCUT2D eigenvalue weighted by Crippen LogP contribution is -1.93. The molecule has 0 aliphatic rings. The molecule has 0 aliphatic heterocycles. The third-order valence-electron chi connectivity index (χ3n) is 3.69. The van der Waals surface area contributed by atoms with Crippen molar-refractivity contribution < 1.29 is 0 Å². The van der Waals surface area contributed by atoms with Gasteiger partial charge in [0.25, 0.3) is 0 Å². The van der Waals surface area contributed by atoms with Gasteiger partial charge in [-0.15, -0.1) is 0 Å². The average Bonchev–Trinajstić information content (AvgIpc) is 2.77. The Hall–Kier alpha value is -2.28. The molecule has 94 valence electrons. The molecule has 0 spiro atoms. The quantitative estimate of drug-likeness (QED) is 0.620. The molecule has 3 aromatic rings. The van der Waals surface area contributed by atoms with Gasteiger partial charge in [0.15, 0.2) is 0 Å². The predicted molar refractivity (Wildman–Crippen MR) is 81.0 cm³/mol. The first kappa shape index (κ1) is 11.8. The highest BCUT2D eigenvalue weighted by atomic mass is 15.0. The number of nitrogens with zero attached hydrogens (tertiary/aromatic N) is 1. The first-order valence-electron chi connectivity index (χ1n) is 6.54. The molecule has 1 heteroatoms. The summed E-state index contributed by atoms with van der Waals surface area (Å²) in [6.07, 6.45) is 0. The SMILES string of the molecule is Cc1c(-c2ccccc2)cc(-c2ccccc2)n1C. The Labute approximate surface area is 114 Å². The predicted octanol–water partition coefficient (Wildman–Crippen LogP) is 4.67. The van der Waals surface area contributed by atoms with Gasteiger partial charge in [-0.05, 0) is 24.1 Å². The lowest BCUT2D eigenvalue weighted by molar-refractivity contribution is 0.892. The topological polar surface area (TPSA) is 4.93 Å². The van der Waals surface area contributed by atoms with Crippen molar-refractivity contribution in [3.05, 3.63) is 72.4 Å². The van der Waals surface area contributed by atoms with E-state index in [9.17, 15) is 0 Å². The molecule has 3 rings (SSSR count). The molecule has 0 radical (unpaired) electrons. The summed E-state index contributed by atoms with van der Waals surface area (Å²) in [5.74, 6) is 0. The van der Waals surface area contributed by atoms with Gasteiger partial charge in [0.1, 0.15) is 0 Å². The maximum atomic E-state index is 2.28. The first-order chi connectivity index (χ1) is 9.27. The molecule has 0 saturated carbocycles. The Balaban J connectivity index is 2.16. The molecule has 1 heterocycles. The fraction of sp³-hybridized carbons (Fsp3) is 0.111. The van der Waals surface area contributed by atoms with Crippen LogP contribution in [0.1, 0.15) is 5.69 Å². The van der Waals surface area contributed by atoms with E-state index in [1.54, 1.807) is 0 Å². The zero-order chi connectivity index (χ0) is 13.2. The summed E-state index contributed by atoms with van der Waals surface area (Å²) in [5, 5.41) is 0. The fourth-order valence-electron chi connectivity index (χ4n) is 2.50. The van der Waals surface area contributed by atoms with Gasteiger partial charge in [-0.2, -0.15) is 0 Å². The minimum absolute atomic E-state index is 1.26. The van der Waals surface area contributed by atoms with Crippen molar-refractivity contribution >= 4 is 0 Å². The van der Waals surface area contributed by atoms with E-state index in [2.05, 4.69) is 85.3 Å². The Bertz CT molecular complexity index is 618. The molecule has 0 saturated heterocycles. The van der Waals surface area contributed by atoms with Gasteiger partial charge in [-0.3, -0.25) is 0 Å². The maximum Gasteiger partial charge on any atom is 0.0486 e. The van der Waals surface area contributed by atoms with E-state index in [0.717, 1.165) is 0 Å². The number of aromatic nitrogens is 1. The molecular formula is C18H17N. The molecule has 0 N–H and O–H groups in total. The second-order valence-corrected chi connectivity index (χ2v) is 4.82. The van der Waals surface area contributed by atoms with Gasteiger partial charge in [-0.1, -0.05) is 60.7 Å². The lowest BCUT2D eigenvalue weighted by atomic mass is 10.1. The number of hydrogen-bond acceptors (Lipinski definition) is 0. The minimum atomic E-state index is 1.26. The van der Waals surface area contributed by atoms with Crippen LogP contribution in [0.4, 0.5) is 0 Å². The van der Waals surface area contributed by atoms with Gasteiger partial charge >= 0.3 is 0 Å². The van der Waals surface area contributed by atoms with Crippen molar-refractivity contribution in [1.29, 1.82) is 0 Å². The van der Waals surface area contributed by atoms with Crippen LogP contribution in [-0.4, -0.2) is 4.57 Å². The van der Waals surface area contributed by atoms with Crippen LogP contribution in [0.15, 0.2) is 66.7 Å². The number of benzene rings is 2. The Kier molecular flexibility index (Phi) is 2.96. The highest BCUT2D eigenvalue weighted by Crippen LogP contribution is 2.31. The zero-order valence-electron chi connectivity index (χ0n) is 11.3. The van der Waals surface area contributed by atoms with Crippen LogP contribution < -0.4 is 0 Å². The van der Waals surface area contributed by atoms with E-state index in [0.29, 0.717) is 0 Å². The second-order valence-electron chi connectivity index (χ2n) is 4.82. The molecule has 0 unspecified atom stereocenters. The molecule has 1 nitrogen and oxygen atoms in total. The minimum Gasteiger partial charge on any atom is -0.347 e. The Morgan fingerprint density at radius 2 is 1.26 bits per heavy atom. The molecule has 2 aromatic carbocycles. The monoisotopic (exact) mass is 247 g/mol. The zero-order valence-corrected chi connectivity index (χ0v) is 11.3. The molecule has 0 fully saturated rings. The average molecular weight is 247 g/mol. The van der Waals surface area contributed by atoms with Crippen LogP contribution in [0.2, 0.25) is 0 Å². The normalized spacial score (nSPS) is 10.6. The second kappa shape index (κ2) is 4.77. The van der Waals surface area contributed by atoms with Gasteiger partial charge in [0.2, 0.25) is 0 Å².